The average Bonchev–Trinajstić information content (AvgIpc) is 2.47. The molecule has 3 nitrogen and oxygen atoms in total. The van der Waals surface area contributed by atoms with Gasteiger partial charge < -0.3 is 15.2 Å². The minimum Gasteiger partial charge on any atom is -0.506 e. The number of hydrogen-bond donors (Lipinski definition) is 2. The van der Waals surface area contributed by atoms with Gasteiger partial charge in [-0.25, -0.2) is 0 Å². The molecule has 2 aromatic carbocycles. The molecule has 2 rings (SSSR count). The molecule has 0 aliphatic rings. The van der Waals surface area contributed by atoms with E-state index >= 15 is 0 Å². The lowest BCUT2D eigenvalue weighted by molar-refractivity contribution is 0.416. The Kier molecular flexibility index (Phi) is 4.84. The van der Waals surface area contributed by atoms with E-state index in [1.807, 2.05) is 18.2 Å². The molecule has 0 aliphatic heterocycles. The summed E-state index contributed by atoms with van der Waals surface area (Å²) in [6, 6.07) is 11.8. The van der Waals surface area contributed by atoms with Gasteiger partial charge >= 0.3 is 0 Å². The second-order valence-electron chi connectivity index (χ2n) is 8.27. The topological polar surface area (TPSA) is 41.5 Å². The lowest BCUT2D eigenvalue weighted by atomic mass is 9.86. The van der Waals surface area contributed by atoms with Crippen molar-refractivity contribution in [1.29, 1.82) is 0 Å². The van der Waals surface area contributed by atoms with Crippen molar-refractivity contribution in [2.24, 2.45) is 0 Å². The zero-order chi connectivity index (χ0) is 18.1. The fraction of sp³-hybridized carbons (Fsp3) is 0.429. The molecule has 0 atom stereocenters. The number of hydrogen-bond acceptors (Lipinski definition) is 3. The molecule has 0 amide bonds. The zero-order valence-corrected chi connectivity index (χ0v) is 15.8. The molecule has 0 fully saturated rings. The number of phenols is 1. The van der Waals surface area contributed by atoms with Crippen molar-refractivity contribution in [3.05, 3.63) is 47.5 Å². The molecule has 0 aromatic heterocycles. The Morgan fingerprint density at radius 3 is 1.79 bits per heavy atom. The Labute approximate surface area is 145 Å². The van der Waals surface area contributed by atoms with Gasteiger partial charge in [-0.15, -0.1) is 0 Å². The number of aromatic hydroxyl groups is 1. The molecular weight excluding hydrogens is 298 g/mol. The summed E-state index contributed by atoms with van der Waals surface area (Å²) in [7, 11) is 1.66. The van der Waals surface area contributed by atoms with Gasteiger partial charge in [-0.1, -0.05) is 53.7 Å². The van der Waals surface area contributed by atoms with Gasteiger partial charge in [0.2, 0.25) is 0 Å². The molecule has 2 aromatic rings. The van der Waals surface area contributed by atoms with Gasteiger partial charge in [0.05, 0.1) is 18.5 Å². The normalized spacial score (nSPS) is 12.1. The Hall–Kier alpha value is -2.16. The van der Waals surface area contributed by atoms with Crippen LogP contribution in [0.5, 0.6) is 11.5 Å². The maximum absolute atomic E-state index is 10.3. The summed E-state index contributed by atoms with van der Waals surface area (Å²) in [5.41, 5.74) is 3.96. The molecule has 0 radical (unpaired) electrons. The van der Waals surface area contributed by atoms with E-state index in [2.05, 4.69) is 59.0 Å². The molecular formula is C21H29NO2. The lowest BCUT2D eigenvalue weighted by Gasteiger charge is -2.23. The highest BCUT2D eigenvalue weighted by Crippen LogP contribution is 2.37. The van der Waals surface area contributed by atoms with Crippen LogP contribution in [-0.2, 0) is 10.8 Å². The lowest BCUT2D eigenvalue weighted by Crippen LogP contribution is -2.12. The first-order valence-electron chi connectivity index (χ1n) is 8.31. The van der Waals surface area contributed by atoms with Crippen LogP contribution in [0.3, 0.4) is 0 Å². The third-order valence-electron chi connectivity index (χ3n) is 4.20. The first-order valence-corrected chi connectivity index (χ1v) is 8.31. The van der Waals surface area contributed by atoms with Gasteiger partial charge in [-0.05, 0) is 46.2 Å². The van der Waals surface area contributed by atoms with Crippen LogP contribution in [-0.4, -0.2) is 12.2 Å². The highest BCUT2D eigenvalue weighted by Gasteiger charge is 2.18. The molecule has 0 saturated heterocycles. The quantitative estimate of drug-likeness (QED) is 0.706. The zero-order valence-electron chi connectivity index (χ0n) is 15.8. The molecule has 0 aliphatic carbocycles. The van der Waals surface area contributed by atoms with E-state index in [1.165, 1.54) is 5.56 Å². The van der Waals surface area contributed by atoms with Crippen LogP contribution in [0.15, 0.2) is 36.4 Å². The van der Waals surface area contributed by atoms with E-state index in [0.717, 1.165) is 17.0 Å². The summed E-state index contributed by atoms with van der Waals surface area (Å²) in [5.74, 6) is 0.981. The standard InChI is InChI=1S/C21H29NO2/c1-20(2,3)14-8-10-18(23)16(12-14)22-17-13-15(21(4,5)6)9-11-19(17)24-7/h8-13,22-23H,1-7H3. The predicted octanol–water partition coefficient (Wildman–Crippen LogP) is 5.74. The summed E-state index contributed by atoms with van der Waals surface area (Å²) in [5, 5.41) is 13.6. The summed E-state index contributed by atoms with van der Waals surface area (Å²) in [4.78, 5) is 0. The van der Waals surface area contributed by atoms with Gasteiger partial charge in [0, 0.05) is 0 Å². The van der Waals surface area contributed by atoms with E-state index < -0.39 is 0 Å². The smallest absolute Gasteiger partial charge is 0.142 e. The minimum atomic E-state index is 0.0154. The maximum Gasteiger partial charge on any atom is 0.142 e. The van der Waals surface area contributed by atoms with Crippen molar-refractivity contribution in [2.45, 2.75) is 52.4 Å². The van der Waals surface area contributed by atoms with Crippen molar-refractivity contribution >= 4 is 11.4 Å². The SMILES string of the molecule is COc1ccc(C(C)(C)C)cc1Nc1cc(C(C)(C)C)ccc1O. The number of rotatable bonds is 3. The summed E-state index contributed by atoms with van der Waals surface area (Å²) in [6.07, 6.45) is 0. The Balaban J connectivity index is 2.47. The first-order chi connectivity index (χ1) is 11.0. The van der Waals surface area contributed by atoms with Gasteiger partial charge in [0.25, 0.3) is 0 Å². The van der Waals surface area contributed by atoms with Crippen molar-refractivity contribution in [1.82, 2.24) is 0 Å². The van der Waals surface area contributed by atoms with E-state index in [-0.39, 0.29) is 16.6 Å². The third-order valence-corrected chi connectivity index (χ3v) is 4.20. The van der Waals surface area contributed by atoms with Crippen LogP contribution >= 0.6 is 0 Å². The molecule has 0 spiro atoms. The maximum atomic E-state index is 10.3. The Bertz CT molecular complexity index is 722. The number of anilines is 2. The highest BCUT2D eigenvalue weighted by molar-refractivity contribution is 5.72. The average molecular weight is 327 g/mol. The van der Waals surface area contributed by atoms with Gasteiger partial charge in [-0.3, -0.25) is 0 Å². The highest BCUT2D eigenvalue weighted by atomic mass is 16.5. The van der Waals surface area contributed by atoms with E-state index in [9.17, 15) is 5.11 Å². The molecule has 0 heterocycles. The van der Waals surface area contributed by atoms with Crippen molar-refractivity contribution in [2.75, 3.05) is 12.4 Å². The predicted molar refractivity (Wildman–Crippen MR) is 102 cm³/mol. The van der Waals surface area contributed by atoms with Gasteiger partial charge in [-0.2, -0.15) is 0 Å². The van der Waals surface area contributed by atoms with Crippen molar-refractivity contribution < 1.29 is 9.84 Å². The Morgan fingerprint density at radius 2 is 1.29 bits per heavy atom. The van der Waals surface area contributed by atoms with Gasteiger partial charge in [0.1, 0.15) is 11.5 Å². The van der Waals surface area contributed by atoms with E-state index in [4.69, 9.17) is 4.74 Å². The van der Waals surface area contributed by atoms with Gasteiger partial charge in [0.15, 0.2) is 0 Å². The van der Waals surface area contributed by atoms with Crippen molar-refractivity contribution in [3.8, 4) is 11.5 Å². The Morgan fingerprint density at radius 1 is 0.792 bits per heavy atom. The summed E-state index contributed by atoms with van der Waals surface area (Å²) >= 11 is 0. The molecule has 3 heteroatoms. The number of methoxy groups -OCH3 is 1. The van der Waals surface area contributed by atoms with Crippen LogP contribution in [0.1, 0.15) is 52.7 Å². The summed E-state index contributed by atoms with van der Waals surface area (Å²) in [6.45, 7) is 13.0. The fourth-order valence-electron chi connectivity index (χ4n) is 2.52. The largest absolute Gasteiger partial charge is 0.506 e. The van der Waals surface area contributed by atoms with E-state index in [1.54, 1.807) is 13.2 Å². The fourth-order valence-corrected chi connectivity index (χ4v) is 2.52. The molecule has 24 heavy (non-hydrogen) atoms. The third kappa shape index (κ3) is 4.02. The van der Waals surface area contributed by atoms with Crippen LogP contribution in [0, 0.1) is 0 Å². The molecule has 130 valence electrons. The molecule has 0 unspecified atom stereocenters. The summed E-state index contributed by atoms with van der Waals surface area (Å²) < 4.78 is 5.48. The van der Waals surface area contributed by atoms with Crippen molar-refractivity contribution in [3.63, 3.8) is 0 Å². The number of nitrogens with one attached hydrogen (secondary N) is 1. The molecule has 2 N–H and O–H groups in total. The molecule has 0 bridgehead atoms. The van der Waals surface area contributed by atoms with Crippen LogP contribution in [0.2, 0.25) is 0 Å². The van der Waals surface area contributed by atoms with E-state index in [0.29, 0.717) is 5.69 Å². The van der Waals surface area contributed by atoms with Crippen LogP contribution < -0.4 is 10.1 Å². The first kappa shape index (κ1) is 18.2. The number of benzene rings is 2. The second kappa shape index (κ2) is 6.39. The monoisotopic (exact) mass is 327 g/mol. The number of ether oxygens (including phenoxy) is 1. The van der Waals surface area contributed by atoms with Crippen LogP contribution in [0.4, 0.5) is 11.4 Å². The minimum absolute atomic E-state index is 0.0154. The van der Waals surface area contributed by atoms with Crippen LogP contribution in [0.25, 0.3) is 0 Å². The second-order valence-corrected chi connectivity index (χ2v) is 8.27. The number of phenolic OH excluding ortho intramolecular Hbond substituents is 1. The molecule has 0 saturated carbocycles.